The van der Waals surface area contributed by atoms with Crippen molar-refractivity contribution in [1.82, 2.24) is 5.32 Å². The molecule has 1 fully saturated rings. The largest absolute Gasteiger partial charge is 0.299 e. The summed E-state index contributed by atoms with van der Waals surface area (Å²) in [6, 6.07) is 15.5. The fourth-order valence-corrected chi connectivity index (χ4v) is 5.29. The molecular formula is C20H15NO3. The van der Waals surface area contributed by atoms with Crippen molar-refractivity contribution in [2.24, 2.45) is 11.8 Å². The Kier molecular flexibility index (Phi) is 2.39. The Balaban J connectivity index is 1.99. The molecule has 2 aromatic rings. The summed E-state index contributed by atoms with van der Waals surface area (Å²) in [5, 5.41) is 2.48. The minimum absolute atomic E-state index is 0.0830. The first kappa shape index (κ1) is 13.7. The molecule has 1 aliphatic heterocycles. The van der Waals surface area contributed by atoms with E-state index in [1.165, 1.54) is 6.92 Å². The number of rotatable bonds is 1. The highest BCUT2D eigenvalue weighted by Gasteiger charge is 2.67. The third-order valence-corrected chi connectivity index (χ3v) is 6.01. The van der Waals surface area contributed by atoms with Crippen molar-refractivity contribution in [3.05, 3.63) is 70.8 Å². The predicted molar refractivity (Wildman–Crippen MR) is 86.3 cm³/mol. The minimum atomic E-state index is -1.07. The Labute approximate surface area is 138 Å². The lowest BCUT2D eigenvalue weighted by Gasteiger charge is -2.52. The number of carbonyl (C=O) groups is 3. The predicted octanol–water partition coefficient (Wildman–Crippen LogP) is 1.91. The first-order valence-electron chi connectivity index (χ1n) is 8.13. The Morgan fingerprint density at radius 1 is 0.917 bits per heavy atom. The zero-order valence-corrected chi connectivity index (χ0v) is 13.1. The molecule has 2 aromatic carbocycles. The molecular weight excluding hydrogens is 302 g/mol. The smallest absolute Gasteiger partial charge is 0.232 e. The molecule has 1 saturated heterocycles. The van der Waals surface area contributed by atoms with E-state index >= 15 is 0 Å². The van der Waals surface area contributed by atoms with Gasteiger partial charge in [-0.15, -0.1) is 0 Å². The van der Waals surface area contributed by atoms with Crippen molar-refractivity contribution in [2.45, 2.75) is 18.3 Å². The van der Waals surface area contributed by atoms with E-state index in [9.17, 15) is 14.4 Å². The van der Waals surface area contributed by atoms with Crippen LogP contribution in [-0.4, -0.2) is 17.6 Å². The zero-order chi connectivity index (χ0) is 16.6. The van der Waals surface area contributed by atoms with Gasteiger partial charge in [-0.25, -0.2) is 0 Å². The van der Waals surface area contributed by atoms with Gasteiger partial charge in [0.2, 0.25) is 11.8 Å². The molecule has 118 valence electrons. The van der Waals surface area contributed by atoms with E-state index in [-0.39, 0.29) is 23.5 Å². The van der Waals surface area contributed by atoms with Gasteiger partial charge in [0.15, 0.2) is 0 Å². The third kappa shape index (κ3) is 1.26. The van der Waals surface area contributed by atoms with Crippen LogP contribution >= 0.6 is 0 Å². The van der Waals surface area contributed by atoms with Crippen LogP contribution in [0.4, 0.5) is 0 Å². The average molecular weight is 317 g/mol. The summed E-state index contributed by atoms with van der Waals surface area (Å²) in [6.07, 6.45) is 0. The molecule has 2 bridgehead atoms. The molecule has 0 spiro atoms. The zero-order valence-electron chi connectivity index (χ0n) is 13.1. The normalized spacial score (nSPS) is 32.0. The molecule has 3 aliphatic carbocycles. The quantitative estimate of drug-likeness (QED) is 0.817. The summed E-state index contributed by atoms with van der Waals surface area (Å²) in [5.74, 6) is -2.00. The number of imide groups is 1. The minimum Gasteiger partial charge on any atom is -0.299 e. The van der Waals surface area contributed by atoms with Crippen LogP contribution in [0.25, 0.3) is 0 Å². The van der Waals surface area contributed by atoms with Crippen molar-refractivity contribution in [3.63, 3.8) is 0 Å². The van der Waals surface area contributed by atoms with Gasteiger partial charge < -0.3 is 0 Å². The van der Waals surface area contributed by atoms with Gasteiger partial charge in [0.1, 0.15) is 5.78 Å². The Morgan fingerprint density at radius 2 is 1.46 bits per heavy atom. The van der Waals surface area contributed by atoms with Gasteiger partial charge in [0.25, 0.3) is 0 Å². The standard InChI is InChI=1S/C20H15NO3/c1-10(22)20-13-8-4-2-6-11(13)15(12-7-3-5-9-14(12)20)16-17(20)19(24)21-18(16)23/h2-9,15-17H,1H3,(H,21,23,24)/t15?,16-,17-,20?/m1/s1. The number of hydrogen-bond acceptors (Lipinski definition) is 3. The maximum atomic E-state index is 13.0. The van der Waals surface area contributed by atoms with E-state index in [0.29, 0.717) is 0 Å². The van der Waals surface area contributed by atoms with E-state index < -0.39 is 17.3 Å². The first-order chi connectivity index (χ1) is 11.6. The molecule has 2 amide bonds. The highest BCUT2D eigenvalue weighted by molar-refractivity contribution is 6.12. The van der Waals surface area contributed by atoms with Crippen LogP contribution in [0.2, 0.25) is 0 Å². The van der Waals surface area contributed by atoms with Crippen molar-refractivity contribution in [2.75, 3.05) is 0 Å². The Bertz CT molecular complexity index is 898. The number of hydrogen-bond donors (Lipinski definition) is 1. The molecule has 4 heteroatoms. The van der Waals surface area contributed by atoms with E-state index in [1.54, 1.807) is 0 Å². The second kappa shape index (κ2) is 4.20. The molecule has 24 heavy (non-hydrogen) atoms. The highest BCUT2D eigenvalue weighted by Crippen LogP contribution is 2.63. The van der Waals surface area contributed by atoms with Gasteiger partial charge in [-0.2, -0.15) is 0 Å². The van der Waals surface area contributed by atoms with Crippen LogP contribution in [0.1, 0.15) is 35.1 Å². The van der Waals surface area contributed by atoms with Crippen molar-refractivity contribution in [3.8, 4) is 0 Å². The number of amides is 2. The van der Waals surface area contributed by atoms with Gasteiger partial charge in [-0.1, -0.05) is 48.5 Å². The summed E-state index contributed by atoms with van der Waals surface area (Å²) in [7, 11) is 0. The molecule has 1 N–H and O–H groups in total. The second-order valence-electron chi connectivity index (χ2n) is 6.87. The van der Waals surface area contributed by atoms with Gasteiger partial charge in [0.05, 0.1) is 17.3 Å². The van der Waals surface area contributed by atoms with Gasteiger partial charge in [0, 0.05) is 5.92 Å². The summed E-state index contributed by atoms with van der Waals surface area (Å²) < 4.78 is 0. The molecule has 0 saturated carbocycles. The van der Waals surface area contributed by atoms with Crippen LogP contribution in [0.5, 0.6) is 0 Å². The van der Waals surface area contributed by atoms with E-state index in [2.05, 4.69) is 5.32 Å². The van der Waals surface area contributed by atoms with Gasteiger partial charge in [-0.05, 0) is 29.2 Å². The van der Waals surface area contributed by atoms with Crippen LogP contribution in [0, 0.1) is 11.8 Å². The monoisotopic (exact) mass is 317 g/mol. The second-order valence-corrected chi connectivity index (χ2v) is 6.87. The fraction of sp³-hybridized carbons (Fsp3) is 0.250. The molecule has 4 nitrogen and oxygen atoms in total. The molecule has 0 aromatic heterocycles. The fourth-order valence-electron chi connectivity index (χ4n) is 5.29. The Morgan fingerprint density at radius 3 is 2.00 bits per heavy atom. The lowest BCUT2D eigenvalue weighted by atomic mass is 9.46. The molecule has 0 unspecified atom stereocenters. The van der Waals surface area contributed by atoms with Gasteiger partial charge in [-0.3, -0.25) is 19.7 Å². The topological polar surface area (TPSA) is 63.2 Å². The number of Topliss-reactive ketones (excluding diaryl/α,β-unsaturated/α-hetero) is 1. The maximum absolute atomic E-state index is 13.0. The van der Waals surface area contributed by atoms with E-state index in [4.69, 9.17) is 0 Å². The maximum Gasteiger partial charge on any atom is 0.232 e. The Hall–Kier alpha value is -2.75. The van der Waals surface area contributed by atoms with Crippen molar-refractivity contribution >= 4 is 17.6 Å². The number of benzene rings is 2. The average Bonchev–Trinajstić information content (AvgIpc) is 2.90. The summed E-state index contributed by atoms with van der Waals surface area (Å²) in [4.78, 5) is 38.2. The van der Waals surface area contributed by atoms with Crippen LogP contribution < -0.4 is 5.32 Å². The van der Waals surface area contributed by atoms with E-state index in [0.717, 1.165) is 22.3 Å². The lowest BCUT2D eigenvalue weighted by Crippen LogP contribution is -2.57. The molecule has 2 atom stereocenters. The molecule has 1 heterocycles. The van der Waals surface area contributed by atoms with Crippen molar-refractivity contribution < 1.29 is 14.4 Å². The number of nitrogens with one attached hydrogen (secondary N) is 1. The van der Waals surface area contributed by atoms with Gasteiger partial charge >= 0.3 is 0 Å². The molecule has 4 aliphatic rings. The van der Waals surface area contributed by atoms with Crippen LogP contribution in [0.15, 0.2) is 48.5 Å². The molecule has 6 rings (SSSR count). The number of ketones is 1. The van der Waals surface area contributed by atoms with Crippen molar-refractivity contribution in [1.29, 1.82) is 0 Å². The highest BCUT2D eigenvalue weighted by atomic mass is 16.2. The van der Waals surface area contributed by atoms with E-state index in [1.807, 2.05) is 48.5 Å². The molecule has 0 radical (unpaired) electrons. The lowest BCUT2D eigenvalue weighted by molar-refractivity contribution is -0.133. The van der Waals surface area contributed by atoms with Crippen LogP contribution in [0.3, 0.4) is 0 Å². The third-order valence-electron chi connectivity index (χ3n) is 6.01. The van der Waals surface area contributed by atoms with Crippen LogP contribution in [-0.2, 0) is 19.8 Å². The summed E-state index contributed by atoms with van der Waals surface area (Å²) in [5.41, 5.74) is 2.69. The first-order valence-corrected chi connectivity index (χ1v) is 8.13. The number of carbonyl (C=O) groups excluding carboxylic acids is 3. The summed E-state index contributed by atoms with van der Waals surface area (Å²) in [6.45, 7) is 1.53. The SMILES string of the molecule is CC(=O)C12c3ccccc3C(c3ccccc31)[C@H]1C(=O)NC(=O)[C@@H]12. The summed E-state index contributed by atoms with van der Waals surface area (Å²) >= 11 is 0.